The highest BCUT2D eigenvalue weighted by atomic mass is 16.5. The molecule has 0 radical (unpaired) electrons. The van der Waals surface area contributed by atoms with Crippen molar-refractivity contribution in [3.63, 3.8) is 0 Å². The Balaban J connectivity index is 1.82. The highest BCUT2D eigenvalue weighted by molar-refractivity contribution is 5.95. The highest BCUT2D eigenvalue weighted by Gasteiger charge is 2.18. The second-order valence-electron chi connectivity index (χ2n) is 5.40. The van der Waals surface area contributed by atoms with Crippen molar-refractivity contribution < 1.29 is 23.8 Å². The van der Waals surface area contributed by atoms with E-state index in [-0.39, 0.29) is 17.4 Å². The van der Waals surface area contributed by atoms with Gasteiger partial charge in [0.05, 0.1) is 11.7 Å². The van der Waals surface area contributed by atoms with E-state index in [2.05, 4.69) is 5.32 Å². The van der Waals surface area contributed by atoms with Gasteiger partial charge in [-0.3, -0.25) is 4.79 Å². The molecular weight excluding hydrogens is 298 g/mol. The molecular formula is C17H17NO5. The maximum Gasteiger partial charge on any atom is 0.337 e. The first kappa shape index (κ1) is 15.3. The van der Waals surface area contributed by atoms with E-state index in [9.17, 15) is 14.7 Å². The number of aromatic carboxylic acids is 1. The van der Waals surface area contributed by atoms with Gasteiger partial charge in [-0.25, -0.2) is 4.79 Å². The third-order valence-corrected chi connectivity index (χ3v) is 3.82. The van der Waals surface area contributed by atoms with Gasteiger partial charge >= 0.3 is 5.97 Å². The molecule has 2 N–H and O–H groups in total. The first-order chi connectivity index (χ1) is 11.2. The number of benzene rings is 1. The number of carbonyl (C=O) groups is 2. The van der Waals surface area contributed by atoms with Gasteiger partial charge in [-0.15, -0.1) is 0 Å². The maximum absolute atomic E-state index is 11.5. The average molecular weight is 315 g/mol. The summed E-state index contributed by atoms with van der Waals surface area (Å²) in [6.07, 6.45) is 2.75. The first-order valence-corrected chi connectivity index (χ1v) is 7.45. The summed E-state index contributed by atoms with van der Waals surface area (Å²) in [5, 5.41) is 12.6. The molecule has 1 aromatic carbocycles. The van der Waals surface area contributed by atoms with Gasteiger partial charge in [0.25, 0.3) is 0 Å². The molecule has 1 aliphatic heterocycles. The van der Waals surface area contributed by atoms with Crippen molar-refractivity contribution >= 4 is 17.9 Å². The fraction of sp³-hybridized carbons (Fsp3) is 0.294. The molecule has 1 aromatic heterocycles. The largest absolute Gasteiger partial charge is 0.478 e. The standard InChI is InChI=1S/C17H17NO5/c19-10-13-4-6-16(23-13)11-3-5-15(14(8-11)17(20)21)18-9-12-2-1-7-22-12/h3-6,8,10,12,18H,1-2,7,9H2,(H,20,21). The second-order valence-corrected chi connectivity index (χ2v) is 5.40. The molecule has 0 spiro atoms. The molecule has 1 fully saturated rings. The van der Waals surface area contributed by atoms with Gasteiger partial charge in [-0.2, -0.15) is 0 Å². The van der Waals surface area contributed by atoms with Crippen LogP contribution in [0.5, 0.6) is 0 Å². The van der Waals surface area contributed by atoms with Crippen LogP contribution in [0.25, 0.3) is 11.3 Å². The molecule has 0 saturated carbocycles. The van der Waals surface area contributed by atoms with Crippen molar-refractivity contribution in [1.82, 2.24) is 0 Å². The molecule has 2 heterocycles. The number of ether oxygens (including phenoxy) is 1. The minimum Gasteiger partial charge on any atom is -0.478 e. The molecule has 0 amide bonds. The Morgan fingerprint density at radius 1 is 1.35 bits per heavy atom. The van der Waals surface area contributed by atoms with Crippen LogP contribution in [0.3, 0.4) is 0 Å². The molecule has 1 aliphatic rings. The Bertz CT molecular complexity index is 716. The van der Waals surface area contributed by atoms with Crippen LogP contribution in [-0.2, 0) is 4.74 Å². The van der Waals surface area contributed by atoms with Gasteiger partial charge in [-0.05, 0) is 43.2 Å². The number of rotatable bonds is 6. The molecule has 0 bridgehead atoms. The predicted octanol–water partition coefficient (Wildman–Crippen LogP) is 3.05. The normalized spacial score (nSPS) is 17.1. The Morgan fingerprint density at radius 3 is 2.87 bits per heavy atom. The van der Waals surface area contributed by atoms with Gasteiger partial charge < -0.3 is 19.6 Å². The minimum absolute atomic E-state index is 0.122. The fourth-order valence-corrected chi connectivity index (χ4v) is 2.63. The van der Waals surface area contributed by atoms with Crippen molar-refractivity contribution in [1.29, 1.82) is 0 Å². The summed E-state index contributed by atoms with van der Waals surface area (Å²) in [5.74, 6) is -0.360. The van der Waals surface area contributed by atoms with E-state index < -0.39 is 5.97 Å². The number of aldehydes is 1. The number of hydrogen-bond acceptors (Lipinski definition) is 5. The van der Waals surface area contributed by atoms with Crippen LogP contribution in [-0.4, -0.2) is 36.6 Å². The van der Waals surface area contributed by atoms with Crippen molar-refractivity contribution in [3.8, 4) is 11.3 Å². The number of anilines is 1. The lowest BCUT2D eigenvalue weighted by molar-refractivity contribution is 0.0697. The Labute approximate surface area is 133 Å². The van der Waals surface area contributed by atoms with Gasteiger partial charge in [-0.1, -0.05) is 0 Å². The van der Waals surface area contributed by atoms with Crippen LogP contribution in [0.1, 0.15) is 33.8 Å². The number of carboxylic acid groups (broad SMARTS) is 1. The number of hydrogen-bond donors (Lipinski definition) is 2. The summed E-state index contributed by atoms with van der Waals surface area (Å²) in [7, 11) is 0. The lowest BCUT2D eigenvalue weighted by Gasteiger charge is -2.14. The summed E-state index contributed by atoms with van der Waals surface area (Å²) in [6.45, 7) is 1.34. The molecule has 3 rings (SSSR count). The van der Waals surface area contributed by atoms with Crippen LogP contribution >= 0.6 is 0 Å². The lowest BCUT2D eigenvalue weighted by Crippen LogP contribution is -2.19. The molecule has 1 saturated heterocycles. The van der Waals surface area contributed by atoms with Crippen LogP contribution < -0.4 is 5.32 Å². The van der Waals surface area contributed by atoms with Crippen molar-refractivity contribution in [2.24, 2.45) is 0 Å². The molecule has 23 heavy (non-hydrogen) atoms. The number of carboxylic acids is 1. The zero-order chi connectivity index (χ0) is 16.2. The van der Waals surface area contributed by atoms with Gasteiger partial charge in [0.1, 0.15) is 5.76 Å². The Kier molecular flexibility index (Phi) is 4.43. The Morgan fingerprint density at radius 2 is 2.22 bits per heavy atom. The number of furan rings is 1. The lowest BCUT2D eigenvalue weighted by atomic mass is 10.1. The smallest absolute Gasteiger partial charge is 0.337 e. The molecule has 1 atom stereocenters. The van der Waals surface area contributed by atoms with Gasteiger partial charge in [0.2, 0.25) is 0 Å². The van der Waals surface area contributed by atoms with Crippen LogP contribution in [0.4, 0.5) is 5.69 Å². The highest BCUT2D eigenvalue weighted by Crippen LogP contribution is 2.27. The van der Waals surface area contributed by atoms with Crippen molar-refractivity contribution in [3.05, 3.63) is 41.7 Å². The Hall–Kier alpha value is -2.60. The van der Waals surface area contributed by atoms with E-state index >= 15 is 0 Å². The molecule has 6 heteroatoms. The summed E-state index contributed by atoms with van der Waals surface area (Å²) in [5.41, 5.74) is 1.31. The summed E-state index contributed by atoms with van der Waals surface area (Å²) < 4.78 is 10.9. The minimum atomic E-state index is -1.02. The third-order valence-electron chi connectivity index (χ3n) is 3.82. The van der Waals surface area contributed by atoms with Gasteiger partial charge in [0.15, 0.2) is 12.0 Å². The fourth-order valence-electron chi connectivity index (χ4n) is 2.63. The molecule has 120 valence electrons. The van der Waals surface area contributed by atoms with E-state index in [0.717, 1.165) is 19.4 Å². The first-order valence-electron chi connectivity index (χ1n) is 7.45. The number of carbonyl (C=O) groups excluding carboxylic acids is 1. The quantitative estimate of drug-likeness (QED) is 0.796. The van der Waals surface area contributed by atoms with E-state index in [1.54, 1.807) is 24.3 Å². The van der Waals surface area contributed by atoms with E-state index in [1.807, 2.05) is 0 Å². The van der Waals surface area contributed by atoms with Crippen molar-refractivity contribution in [2.75, 3.05) is 18.5 Å². The second kappa shape index (κ2) is 6.66. The summed E-state index contributed by atoms with van der Waals surface area (Å²) >= 11 is 0. The van der Waals surface area contributed by atoms with E-state index in [1.165, 1.54) is 6.07 Å². The average Bonchev–Trinajstić information content (AvgIpc) is 3.24. The predicted molar refractivity (Wildman–Crippen MR) is 84.0 cm³/mol. The zero-order valence-electron chi connectivity index (χ0n) is 12.5. The maximum atomic E-state index is 11.5. The topological polar surface area (TPSA) is 88.8 Å². The van der Waals surface area contributed by atoms with Crippen LogP contribution in [0, 0.1) is 0 Å². The van der Waals surface area contributed by atoms with Crippen LogP contribution in [0.2, 0.25) is 0 Å². The van der Waals surface area contributed by atoms with Crippen LogP contribution in [0.15, 0.2) is 34.7 Å². The van der Waals surface area contributed by atoms with E-state index in [4.69, 9.17) is 9.15 Å². The SMILES string of the molecule is O=Cc1ccc(-c2ccc(NCC3CCCO3)c(C(=O)O)c2)o1. The summed E-state index contributed by atoms with van der Waals surface area (Å²) in [4.78, 5) is 22.2. The van der Waals surface area contributed by atoms with E-state index in [0.29, 0.717) is 29.8 Å². The zero-order valence-corrected chi connectivity index (χ0v) is 12.5. The number of nitrogens with one attached hydrogen (secondary N) is 1. The molecule has 2 aromatic rings. The molecule has 1 unspecified atom stereocenters. The van der Waals surface area contributed by atoms with Crippen molar-refractivity contribution in [2.45, 2.75) is 18.9 Å². The molecule has 0 aliphatic carbocycles. The summed E-state index contributed by atoms with van der Waals surface area (Å²) in [6, 6.07) is 8.19. The van der Waals surface area contributed by atoms with Gasteiger partial charge in [0, 0.05) is 24.4 Å². The monoisotopic (exact) mass is 315 g/mol. The molecule has 6 nitrogen and oxygen atoms in total. The third kappa shape index (κ3) is 3.43.